The molecule has 3 aromatic rings. The van der Waals surface area contributed by atoms with Gasteiger partial charge < -0.3 is 4.43 Å². The van der Waals surface area contributed by atoms with Gasteiger partial charge in [0.15, 0.2) is 5.78 Å². The summed E-state index contributed by atoms with van der Waals surface area (Å²) in [5, 5.41) is 6.43. The second kappa shape index (κ2) is 7.51. The van der Waals surface area contributed by atoms with Gasteiger partial charge in [0.1, 0.15) is 5.76 Å². The zero-order chi connectivity index (χ0) is 18.7. The molecule has 1 aromatic heterocycles. The van der Waals surface area contributed by atoms with E-state index in [0.29, 0.717) is 17.8 Å². The minimum atomic E-state index is -2.50. The standard InChI is InChI=1S/C23H20O2SSi/c1-27(19-8-4-2-5-9-19,20-10-6-3-7-11-20)25-23-13-12-22(24)21(23)16-18-14-15-26-17-18/h2-11,13-17H,12H2,1H3. The van der Waals surface area contributed by atoms with Crippen molar-refractivity contribution in [2.24, 2.45) is 0 Å². The van der Waals surface area contributed by atoms with E-state index in [1.165, 1.54) is 10.4 Å². The molecule has 4 rings (SSSR count). The number of Topliss-reactive ketones (excluding diaryl/α,β-unsaturated/α-hetero) is 1. The molecule has 1 heterocycles. The molecule has 0 spiro atoms. The van der Waals surface area contributed by atoms with Crippen molar-refractivity contribution in [3.8, 4) is 0 Å². The average molecular weight is 389 g/mol. The maximum Gasteiger partial charge on any atom is 0.311 e. The lowest BCUT2D eigenvalue weighted by molar-refractivity contribution is -0.114. The number of allylic oxidation sites excluding steroid dienone is 2. The lowest BCUT2D eigenvalue weighted by Crippen LogP contribution is -2.58. The van der Waals surface area contributed by atoms with Gasteiger partial charge in [-0.25, -0.2) is 0 Å². The maximum atomic E-state index is 12.5. The maximum absolute atomic E-state index is 12.5. The highest BCUT2D eigenvalue weighted by Gasteiger charge is 2.38. The van der Waals surface area contributed by atoms with Crippen LogP contribution in [0.5, 0.6) is 0 Å². The first-order valence-electron chi connectivity index (χ1n) is 8.94. The molecule has 0 aliphatic heterocycles. The van der Waals surface area contributed by atoms with Crippen molar-refractivity contribution in [1.29, 1.82) is 0 Å². The molecule has 1 aliphatic carbocycles. The Morgan fingerprint density at radius 2 is 1.59 bits per heavy atom. The molecule has 4 heteroatoms. The number of carbonyl (C=O) groups excluding carboxylic acids is 1. The van der Waals surface area contributed by atoms with Gasteiger partial charge in [-0.15, -0.1) is 0 Å². The van der Waals surface area contributed by atoms with Crippen LogP contribution in [0.15, 0.2) is 94.9 Å². The molecule has 1 aliphatic rings. The number of ketones is 1. The van der Waals surface area contributed by atoms with Crippen LogP contribution < -0.4 is 10.4 Å². The van der Waals surface area contributed by atoms with E-state index in [9.17, 15) is 4.79 Å². The molecule has 0 N–H and O–H groups in total. The third-order valence-corrected chi connectivity index (χ3v) is 9.06. The minimum Gasteiger partial charge on any atom is -0.535 e. The van der Waals surface area contributed by atoms with E-state index < -0.39 is 8.32 Å². The number of rotatable bonds is 5. The summed E-state index contributed by atoms with van der Waals surface area (Å²) >= 11 is 1.62. The van der Waals surface area contributed by atoms with Crippen LogP contribution in [0.4, 0.5) is 0 Å². The summed E-state index contributed by atoms with van der Waals surface area (Å²) in [7, 11) is -2.50. The molecule has 0 saturated carbocycles. The molecular formula is C23H20O2SSi. The predicted octanol–water partition coefficient (Wildman–Crippen LogP) is 4.39. The Morgan fingerprint density at radius 1 is 0.963 bits per heavy atom. The largest absolute Gasteiger partial charge is 0.535 e. The summed E-state index contributed by atoms with van der Waals surface area (Å²) in [5.74, 6) is 0.835. The van der Waals surface area contributed by atoms with Crippen molar-refractivity contribution < 1.29 is 9.22 Å². The van der Waals surface area contributed by atoms with Crippen molar-refractivity contribution in [2.45, 2.75) is 13.0 Å². The number of benzene rings is 2. The van der Waals surface area contributed by atoms with Crippen LogP contribution >= 0.6 is 11.3 Å². The van der Waals surface area contributed by atoms with Crippen LogP contribution in [-0.2, 0) is 9.22 Å². The predicted molar refractivity (Wildman–Crippen MR) is 115 cm³/mol. The van der Waals surface area contributed by atoms with Gasteiger partial charge in [-0.2, -0.15) is 11.3 Å². The zero-order valence-corrected chi connectivity index (χ0v) is 16.9. The van der Waals surface area contributed by atoms with Crippen molar-refractivity contribution in [3.05, 3.63) is 100 Å². The van der Waals surface area contributed by atoms with Crippen LogP contribution in [0, 0.1) is 0 Å². The van der Waals surface area contributed by atoms with Crippen molar-refractivity contribution in [3.63, 3.8) is 0 Å². The van der Waals surface area contributed by atoms with E-state index in [-0.39, 0.29) is 5.78 Å². The molecule has 2 nitrogen and oxygen atoms in total. The van der Waals surface area contributed by atoms with Crippen LogP contribution in [0.25, 0.3) is 6.08 Å². The first kappa shape index (κ1) is 17.7. The molecule has 134 valence electrons. The van der Waals surface area contributed by atoms with Gasteiger partial charge in [0.2, 0.25) is 0 Å². The normalized spacial score (nSPS) is 15.8. The van der Waals surface area contributed by atoms with Crippen LogP contribution in [-0.4, -0.2) is 14.1 Å². The SMILES string of the molecule is C[Si](OC1=CCC(=O)C1=Cc1ccsc1)(c1ccccc1)c1ccccc1. The number of hydrogen-bond acceptors (Lipinski definition) is 3. The molecule has 0 amide bonds. The fourth-order valence-corrected chi connectivity index (χ4v) is 6.81. The van der Waals surface area contributed by atoms with Crippen LogP contribution in [0.1, 0.15) is 12.0 Å². The van der Waals surface area contributed by atoms with Crippen molar-refractivity contribution in [2.75, 3.05) is 0 Å². The molecule has 0 saturated heterocycles. The van der Waals surface area contributed by atoms with E-state index in [0.717, 1.165) is 5.56 Å². The van der Waals surface area contributed by atoms with Crippen LogP contribution in [0.2, 0.25) is 6.55 Å². The Labute approximate surface area is 164 Å². The number of thiophene rings is 1. The van der Waals surface area contributed by atoms with Gasteiger partial charge >= 0.3 is 8.32 Å². The highest BCUT2D eigenvalue weighted by atomic mass is 32.1. The minimum absolute atomic E-state index is 0.119. The smallest absolute Gasteiger partial charge is 0.311 e. The summed E-state index contributed by atoms with van der Waals surface area (Å²) in [6, 6.07) is 22.7. The van der Waals surface area contributed by atoms with Gasteiger partial charge in [-0.3, -0.25) is 4.79 Å². The Balaban J connectivity index is 1.75. The molecular weight excluding hydrogens is 368 g/mol. The van der Waals surface area contributed by atoms with E-state index in [4.69, 9.17) is 4.43 Å². The Morgan fingerprint density at radius 3 is 2.15 bits per heavy atom. The molecule has 0 fully saturated rings. The van der Waals surface area contributed by atoms with Gasteiger partial charge in [-0.05, 0) is 51.5 Å². The Hall–Kier alpha value is -2.69. The molecule has 27 heavy (non-hydrogen) atoms. The van der Waals surface area contributed by atoms with E-state index in [1.54, 1.807) is 11.3 Å². The highest BCUT2D eigenvalue weighted by molar-refractivity contribution is 7.08. The number of carbonyl (C=O) groups is 1. The monoisotopic (exact) mass is 388 g/mol. The second-order valence-corrected chi connectivity index (χ2v) is 10.9. The Kier molecular flexibility index (Phi) is 4.92. The van der Waals surface area contributed by atoms with Gasteiger partial charge in [-0.1, -0.05) is 60.7 Å². The first-order chi connectivity index (χ1) is 13.2. The molecule has 0 bridgehead atoms. The van der Waals surface area contributed by atoms with Gasteiger partial charge in [0, 0.05) is 6.42 Å². The zero-order valence-electron chi connectivity index (χ0n) is 15.1. The lowest BCUT2D eigenvalue weighted by atomic mass is 10.1. The summed E-state index contributed by atoms with van der Waals surface area (Å²) in [6.45, 7) is 2.20. The third kappa shape index (κ3) is 3.59. The summed E-state index contributed by atoms with van der Waals surface area (Å²) in [6.07, 6.45) is 4.28. The topological polar surface area (TPSA) is 26.3 Å². The van der Waals surface area contributed by atoms with E-state index in [2.05, 4.69) is 30.8 Å². The second-order valence-electron chi connectivity index (χ2n) is 6.68. The van der Waals surface area contributed by atoms with Crippen LogP contribution in [0.3, 0.4) is 0 Å². The third-order valence-electron chi connectivity index (χ3n) is 4.86. The van der Waals surface area contributed by atoms with E-state index >= 15 is 0 Å². The number of hydrogen-bond donors (Lipinski definition) is 0. The fourth-order valence-electron chi connectivity index (χ4n) is 3.33. The van der Waals surface area contributed by atoms with Crippen molar-refractivity contribution in [1.82, 2.24) is 0 Å². The summed E-state index contributed by atoms with van der Waals surface area (Å²) in [4.78, 5) is 12.5. The van der Waals surface area contributed by atoms with Gasteiger partial charge in [0.05, 0.1) is 5.57 Å². The molecule has 0 unspecified atom stereocenters. The first-order valence-corrected chi connectivity index (χ1v) is 12.3. The highest BCUT2D eigenvalue weighted by Crippen LogP contribution is 2.28. The average Bonchev–Trinajstić information content (AvgIpc) is 3.35. The summed E-state index contributed by atoms with van der Waals surface area (Å²) < 4.78 is 6.72. The lowest BCUT2D eigenvalue weighted by Gasteiger charge is -2.30. The fraction of sp³-hybridized carbons (Fsp3) is 0.0870. The van der Waals surface area contributed by atoms with E-state index in [1.807, 2.05) is 65.4 Å². The quantitative estimate of drug-likeness (QED) is 0.478. The van der Waals surface area contributed by atoms with Gasteiger partial charge in [0.25, 0.3) is 0 Å². The Bertz CT molecular complexity index is 950. The van der Waals surface area contributed by atoms with Crippen molar-refractivity contribution >= 4 is 41.9 Å². The summed E-state index contributed by atoms with van der Waals surface area (Å²) in [5.41, 5.74) is 1.72. The molecule has 2 aromatic carbocycles. The molecule has 0 radical (unpaired) electrons. The molecule has 0 atom stereocenters.